The van der Waals surface area contributed by atoms with E-state index in [1.54, 1.807) is 6.33 Å². The van der Waals surface area contributed by atoms with Crippen molar-refractivity contribution in [3.05, 3.63) is 65.4 Å². The number of H-pyrrole nitrogens is 1. The lowest BCUT2D eigenvalue weighted by molar-refractivity contribution is -0.134. The van der Waals surface area contributed by atoms with Crippen molar-refractivity contribution in [2.75, 3.05) is 6.54 Å². The van der Waals surface area contributed by atoms with Crippen LogP contribution >= 0.6 is 0 Å². The fraction of sp³-hybridized carbons (Fsp3) is 0.304. The molecule has 4 rings (SSSR count). The van der Waals surface area contributed by atoms with Gasteiger partial charge in [-0.1, -0.05) is 25.1 Å². The zero-order valence-corrected chi connectivity index (χ0v) is 18.0. The number of para-hydroxylation sites is 1. The lowest BCUT2D eigenvalue weighted by Gasteiger charge is -2.27. The van der Waals surface area contributed by atoms with E-state index in [4.69, 9.17) is 10.2 Å². The third-order valence-electron chi connectivity index (χ3n) is 5.29. The Morgan fingerprint density at radius 1 is 1.19 bits per heavy atom. The van der Waals surface area contributed by atoms with Crippen LogP contribution in [0.2, 0.25) is 0 Å². The van der Waals surface area contributed by atoms with Gasteiger partial charge in [-0.25, -0.2) is 14.6 Å². The standard InChI is InChI=1S/C19H22N4O.C4H4O4/c1-3-9-23-16-7-5-4-6-14(16)18-17(23)8-10-22(19(18)24)11-15-13(2)20-12-21-15;5-3(6)1-2-4(7)8/h4-7,12H,3,8-11H2,1-2H3,(H,20,21);1-2H,(H,5,6)(H,7,8). The van der Waals surface area contributed by atoms with E-state index in [9.17, 15) is 14.4 Å². The van der Waals surface area contributed by atoms with Gasteiger partial charge in [0, 0.05) is 54.0 Å². The van der Waals surface area contributed by atoms with Crippen molar-refractivity contribution in [3.63, 3.8) is 0 Å². The van der Waals surface area contributed by atoms with E-state index < -0.39 is 11.9 Å². The van der Waals surface area contributed by atoms with Crippen molar-refractivity contribution < 1.29 is 24.6 Å². The van der Waals surface area contributed by atoms with E-state index in [0.717, 1.165) is 48.3 Å². The lowest BCUT2D eigenvalue weighted by atomic mass is 10.0. The van der Waals surface area contributed by atoms with Gasteiger partial charge in [-0.2, -0.15) is 0 Å². The molecule has 0 saturated carbocycles. The van der Waals surface area contributed by atoms with Crippen molar-refractivity contribution in [1.82, 2.24) is 19.4 Å². The smallest absolute Gasteiger partial charge is 0.328 e. The van der Waals surface area contributed by atoms with Crippen LogP contribution in [0, 0.1) is 6.92 Å². The average molecular weight is 438 g/mol. The molecule has 0 spiro atoms. The second-order valence-corrected chi connectivity index (χ2v) is 7.45. The highest BCUT2D eigenvalue weighted by atomic mass is 16.4. The summed E-state index contributed by atoms with van der Waals surface area (Å²) in [5.41, 5.74) is 5.23. The molecule has 1 amide bonds. The summed E-state index contributed by atoms with van der Waals surface area (Å²) < 4.78 is 2.33. The van der Waals surface area contributed by atoms with Gasteiger partial charge in [0.15, 0.2) is 0 Å². The summed E-state index contributed by atoms with van der Waals surface area (Å²) in [5.74, 6) is -2.38. The van der Waals surface area contributed by atoms with E-state index in [1.165, 1.54) is 11.2 Å². The van der Waals surface area contributed by atoms with E-state index in [2.05, 4.69) is 39.7 Å². The average Bonchev–Trinajstić information content (AvgIpc) is 3.31. The molecule has 0 fully saturated rings. The molecule has 2 aromatic heterocycles. The van der Waals surface area contributed by atoms with Crippen molar-refractivity contribution in [2.24, 2.45) is 0 Å². The van der Waals surface area contributed by atoms with E-state index in [1.807, 2.05) is 17.9 Å². The van der Waals surface area contributed by atoms with Crippen molar-refractivity contribution in [3.8, 4) is 0 Å². The number of aliphatic carboxylic acids is 2. The predicted octanol–water partition coefficient (Wildman–Crippen LogP) is 2.99. The molecule has 1 aromatic carbocycles. The van der Waals surface area contributed by atoms with Gasteiger partial charge in [0.25, 0.3) is 5.91 Å². The number of imidazole rings is 1. The number of carbonyl (C=O) groups excluding carboxylic acids is 1. The minimum atomic E-state index is -1.26. The van der Waals surface area contributed by atoms with Crippen molar-refractivity contribution >= 4 is 28.7 Å². The zero-order valence-electron chi connectivity index (χ0n) is 18.0. The number of rotatable bonds is 6. The van der Waals surface area contributed by atoms with E-state index >= 15 is 0 Å². The topological polar surface area (TPSA) is 129 Å². The Balaban J connectivity index is 0.000000312. The molecule has 0 atom stereocenters. The number of carboxylic acids is 2. The van der Waals surface area contributed by atoms with Crippen molar-refractivity contribution in [1.29, 1.82) is 0 Å². The molecule has 3 N–H and O–H groups in total. The quantitative estimate of drug-likeness (QED) is 0.508. The summed E-state index contributed by atoms with van der Waals surface area (Å²) in [5, 5.41) is 16.7. The number of nitrogens with one attached hydrogen (secondary N) is 1. The summed E-state index contributed by atoms with van der Waals surface area (Å²) in [4.78, 5) is 41.6. The molecular weight excluding hydrogens is 412 g/mol. The molecule has 3 aromatic rings. The Morgan fingerprint density at radius 2 is 1.88 bits per heavy atom. The SMILES string of the molecule is CCCn1c2c(c3ccccc31)C(=O)N(Cc1nc[nH]c1C)CC2.O=C(O)C=CC(=O)O. The first kappa shape index (κ1) is 22.8. The van der Waals surface area contributed by atoms with Gasteiger partial charge >= 0.3 is 11.9 Å². The van der Waals surface area contributed by atoms with Gasteiger partial charge in [0.1, 0.15) is 0 Å². The summed E-state index contributed by atoms with van der Waals surface area (Å²) in [6.45, 7) is 6.45. The molecule has 1 aliphatic heterocycles. The van der Waals surface area contributed by atoms with Crippen LogP contribution in [0.15, 0.2) is 42.7 Å². The predicted molar refractivity (Wildman–Crippen MR) is 118 cm³/mol. The minimum absolute atomic E-state index is 0.129. The van der Waals surface area contributed by atoms with Crippen LogP contribution in [0.5, 0.6) is 0 Å². The van der Waals surface area contributed by atoms with Crippen LogP contribution in [0.1, 0.15) is 40.8 Å². The van der Waals surface area contributed by atoms with Crippen LogP contribution in [-0.4, -0.2) is 54.0 Å². The third kappa shape index (κ3) is 4.88. The Bertz CT molecular complexity index is 1160. The Kier molecular flexibility index (Phi) is 7.09. The first-order valence-corrected chi connectivity index (χ1v) is 10.4. The molecule has 0 saturated heterocycles. The number of fused-ring (bicyclic) bond motifs is 3. The monoisotopic (exact) mass is 438 g/mol. The molecule has 9 heteroatoms. The summed E-state index contributed by atoms with van der Waals surface area (Å²) in [6, 6.07) is 8.26. The number of nitrogens with zero attached hydrogens (tertiary/aromatic N) is 3. The van der Waals surface area contributed by atoms with Crippen LogP contribution in [0.4, 0.5) is 0 Å². The highest BCUT2D eigenvalue weighted by Gasteiger charge is 2.30. The molecule has 0 bridgehead atoms. The Hall–Kier alpha value is -3.88. The van der Waals surface area contributed by atoms with Crippen LogP contribution in [0.3, 0.4) is 0 Å². The van der Waals surface area contributed by atoms with Gasteiger partial charge in [-0.05, 0) is 19.4 Å². The molecule has 0 unspecified atom stereocenters. The van der Waals surface area contributed by atoms with Gasteiger partial charge in [-0.15, -0.1) is 0 Å². The van der Waals surface area contributed by atoms with Gasteiger partial charge < -0.3 is 24.7 Å². The fourth-order valence-corrected chi connectivity index (χ4v) is 3.86. The van der Waals surface area contributed by atoms with Crippen LogP contribution in [-0.2, 0) is 29.1 Å². The molecule has 9 nitrogen and oxygen atoms in total. The molecule has 0 aliphatic carbocycles. The maximum Gasteiger partial charge on any atom is 0.328 e. The number of hydrogen-bond acceptors (Lipinski definition) is 4. The summed E-state index contributed by atoms with van der Waals surface area (Å²) >= 11 is 0. The summed E-state index contributed by atoms with van der Waals surface area (Å²) in [6.07, 6.45) is 4.77. The molecule has 0 radical (unpaired) electrons. The van der Waals surface area contributed by atoms with Crippen LogP contribution in [0.25, 0.3) is 10.9 Å². The number of carboxylic acid groups (broad SMARTS) is 2. The van der Waals surface area contributed by atoms with E-state index in [0.29, 0.717) is 18.7 Å². The first-order chi connectivity index (χ1) is 15.3. The van der Waals surface area contributed by atoms with Crippen molar-refractivity contribution in [2.45, 2.75) is 39.8 Å². The number of benzene rings is 1. The number of aryl methyl sites for hydroxylation is 2. The number of hydrogen-bond donors (Lipinski definition) is 3. The Morgan fingerprint density at radius 3 is 2.47 bits per heavy atom. The van der Waals surface area contributed by atoms with Gasteiger partial charge in [-0.3, -0.25) is 4.79 Å². The first-order valence-electron chi connectivity index (χ1n) is 10.4. The lowest BCUT2D eigenvalue weighted by Crippen LogP contribution is -2.37. The normalized spacial score (nSPS) is 13.2. The minimum Gasteiger partial charge on any atom is -0.478 e. The third-order valence-corrected chi connectivity index (χ3v) is 5.29. The second-order valence-electron chi connectivity index (χ2n) is 7.45. The van der Waals surface area contributed by atoms with E-state index in [-0.39, 0.29) is 5.91 Å². The maximum absolute atomic E-state index is 13.2. The molecular formula is C23H26N4O5. The van der Waals surface area contributed by atoms with Crippen LogP contribution < -0.4 is 0 Å². The maximum atomic E-state index is 13.2. The molecule has 168 valence electrons. The number of carbonyl (C=O) groups is 3. The highest BCUT2D eigenvalue weighted by Crippen LogP contribution is 2.31. The molecule has 1 aliphatic rings. The number of amides is 1. The Labute approximate surface area is 185 Å². The highest BCUT2D eigenvalue weighted by molar-refractivity contribution is 6.09. The molecule has 3 heterocycles. The molecule has 32 heavy (non-hydrogen) atoms. The zero-order chi connectivity index (χ0) is 23.3. The van der Waals surface area contributed by atoms with Gasteiger partial charge in [0.05, 0.1) is 24.1 Å². The largest absolute Gasteiger partial charge is 0.478 e. The van der Waals surface area contributed by atoms with Gasteiger partial charge in [0.2, 0.25) is 0 Å². The summed E-state index contributed by atoms with van der Waals surface area (Å²) in [7, 11) is 0. The second kappa shape index (κ2) is 9.95. The number of aromatic amines is 1. The fourth-order valence-electron chi connectivity index (χ4n) is 3.86. The number of aromatic nitrogens is 3.